The summed E-state index contributed by atoms with van der Waals surface area (Å²) in [7, 11) is 0. The number of nitrogens with two attached hydrogens (primary N) is 5. The number of imidazole rings is 1. The molecule has 22 N–H and O–H groups in total. The number of carboxylic acid groups (broad SMARTS) is 5. The first-order valence-electron chi connectivity index (χ1n) is 49.2. The van der Waals surface area contributed by atoms with E-state index in [0.717, 1.165) is 89.9 Å². The molecule has 3 aromatic rings. The Hall–Kier alpha value is -10.3. The van der Waals surface area contributed by atoms with E-state index in [4.69, 9.17) is 48.4 Å². The number of nitrogens with zero attached hydrogens (tertiary/aromatic N) is 1. The number of rotatable bonds is 87. The number of hydrogen-bond acceptors (Lipinski definition) is 25. The van der Waals surface area contributed by atoms with E-state index in [1.807, 2.05) is 0 Å². The van der Waals surface area contributed by atoms with Crippen molar-refractivity contribution in [1.82, 2.24) is 41.9 Å². The number of amides is 5. The number of ether oxygens (including phenoxy) is 2. The van der Waals surface area contributed by atoms with Crippen molar-refractivity contribution < 1.29 is 112 Å². The molecule has 0 aliphatic carbocycles. The van der Waals surface area contributed by atoms with Crippen LogP contribution in [0.1, 0.15) is 348 Å². The van der Waals surface area contributed by atoms with E-state index in [-0.39, 0.29) is 173 Å². The van der Waals surface area contributed by atoms with Crippen LogP contribution >= 0.6 is 0 Å². The van der Waals surface area contributed by atoms with Gasteiger partial charge in [-0.1, -0.05) is 123 Å². The molecule has 0 radical (unpaired) electrons. The van der Waals surface area contributed by atoms with Crippen LogP contribution in [0.3, 0.4) is 0 Å². The van der Waals surface area contributed by atoms with Crippen molar-refractivity contribution in [2.75, 3.05) is 45.9 Å². The molecule has 36 nitrogen and oxygen atoms in total. The van der Waals surface area contributed by atoms with Crippen LogP contribution in [0.25, 0.3) is 0 Å². The molecule has 5 amide bonds. The first-order valence-corrected chi connectivity index (χ1v) is 49.2. The van der Waals surface area contributed by atoms with Crippen molar-refractivity contribution in [2.45, 2.75) is 371 Å². The lowest BCUT2D eigenvalue weighted by molar-refractivity contribution is -0.144. The van der Waals surface area contributed by atoms with Crippen molar-refractivity contribution >= 4 is 94.1 Å². The first-order chi connectivity index (χ1) is 64.6. The second-order valence-electron chi connectivity index (χ2n) is 36.5. The van der Waals surface area contributed by atoms with Crippen LogP contribution in [-0.4, -0.2) is 218 Å². The summed E-state index contributed by atoms with van der Waals surface area (Å²) in [5, 5.41) is 64.4. The molecule has 0 aliphatic heterocycles. The average molecular weight is 1900 g/mol. The molecule has 0 fully saturated rings. The molecule has 0 aliphatic rings. The summed E-state index contributed by atoms with van der Waals surface area (Å²) in [6.07, 6.45) is 28.1. The smallest absolute Gasteiger partial charge is 0.335 e. The Morgan fingerprint density at radius 1 is 0.370 bits per heavy atom. The maximum Gasteiger partial charge on any atom is 0.335 e. The highest BCUT2D eigenvalue weighted by Gasteiger charge is 2.34. The number of nitrogens with one attached hydrogen (secondary N) is 7. The molecule has 9 atom stereocenters. The van der Waals surface area contributed by atoms with E-state index in [0.29, 0.717) is 185 Å². The number of aromatic amines is 1. The van der Waals surface area contributed by atoms with E-state index in [9.17, 15) is 92.0 Å². The number of benzene rings is 2. The standard InChI is InChI=1S/C99H159N13O23/c1-99(2,65-86(116)82(104)64-73-66-105-68-111-73)88(118)55-47-69(33-23-27-58-107-91(121)80(102)38-20-16-21-41-85(115)78(100)36-24-28-57-106-89(119)56-48-72(96(128)129)63-75(114)35-17-11-7-3-5-9-13-31-61-134-76-50-43-70(44-51-76)94(124)125)87(117)67-110-83(97(130)131)40-26-30-60-109-93(123)81(103)39-25-29-59-108-92(122)79(101)37-19-15-18-34-74(113)49-54-84(98(132)133)112-90(120)42-22-12-8-4-6-10-14-32-62-135-77-52-45-71(46-53-77)95(126)127/h43-46,50-53,66,68-69,72,78-84,110H,3-42,47-49,54-65,67,100-104H2,1-2H3,(H,105,111)(H,106,119)(H,107,121)(H,108,122)(H,109,123)(H,112,120)(H,124,125)(H,126,127)(H,128,129)(H,130,131)(H,132,133)/t69-,72-,78+,79+,80+,81+,82+,83+,84+/m1/s1. The molecule has 758 valence electrons. The average Bonchev–Trinajstić information content (AvgIpc) is 1.83. The maximum absolute atomic E-state index is 14.0. The summed E-state index contributed by atoms with van der Waals surface area (Å²) in [4.78, 5) is 208. The topological polar surface area (TPSA) is 624 Å². The van der Waals surface area contributed by atoms with Crippen LogP contribution in [0.15, 0.2) is 61.1 Å². The predicted molar refractivity (Wildman–Crippen MR) is 511 cm³/mol. The first kappa shape index (κ1) is 119. The monoisotopic (exact) mass is 1900 g/mol. The number of ketones is 6. The molecular weight excluding hydrogens is 1740 g/mol. The molecule has 0 bridgehead atoms. The van der Waals surface area contributed by atoms with Crippen molar-refractivity contribution in [3.63, 3.8) is 0 Å². The molecule has 2 aromatic carbocycles. The predicted octanol–water partition coefficient (Wildman–Crippen LogP) is 10.7. The number of Topliss-reactive ketones (excluding diaryl/α,β-unsaturated/α-hetero) is 6. The van der Waals surface area contributed by atoms with Gasteiger partial charge in [0.05, 0.1) is 73.3 Å². The highest BCUT2D eigenvalue weighted by molar-refractivity contribution is 5.94. The van der Waals surface area contributed by atoms with Crippen LogP contribution in [0, 0.1) is 17.3 Å². The number of carbonyl (C=O) groups is 16. The molecule has 0 unspecified atom stereocenters. The number of carbonyl (C=O) groups excluding carboxylic acids is 11. The van der Waals surface area contributed by atoms with Gasteiger partial charge in [0.1, 0.15) is 52.5 Å². The summed E-state index contributed by atoms with van der Waals surface area (Å²) < 4.78 is 11.4. The molecule has 36 heteroatoms. The Morgan fingerprint density at radius 2 is 0.785 bits per heavy atom. The van der Waals surface area contributed by atoms with Gasteiger partial charge in [-0.15, -0.1) is 0 Å². The highest BCUT2D eigenvalue weighted by Crippen LogP contribution is 2.29. The van der Waals surface area contributed by atoms with Gasteiger partial charge in [-0.3, -0.25) is 67.6 Å². The molecule has 0 saturated carbocycles. The van der Waals surface area contributed by atoms with Gasteiger partial charge >= 0.3 is 29.8 Å². The van der Waals surface area contributed by atoms with Crippen molar-refractivity contribution in [2.24, 2.45) is 45.9 Å². The highest BCUT2D eigenvalue weighted by atomic mass is 16.5. The maximum atomic E-state index is 14.0. The Kier molecular flexibility index (Phi) is 62.8. The minimum atomic E-state index is -1.20. The quantitative estimate of drug-likeness (QED) is 0.0233. The van der Waals surface area contributed by atoms with Gasteiger partial charge in [-0.05, 0) is 190 Å². The molecular formula is C99H159N13O23. The van der Waals surface area contributed by atoms with Gasteiger partial charge in [-0.2, -0.15) is 0 Å². The zero-order valence-corrected chi connectivity index (χ0v) is 80.0. The van der Waals surface area contributed by atoms with Crippen molar-refractivity contribution in [3.05, 3.63) is 77.9 Å². The van der Waals surface area contributed by atoms with Gasteiger partial charge in [0.15, 0.2) is 5.78 Å². The summed E-state index contributed by atoms with van der Waals surface area (Å²) in [6.45, 7) is 5.15. The largest absolute Gasteiger partial charge is 0.494 e. The minimum absolute atomic E-state index is 0.000288. The number of aliphatic carboxylic acids is 3. The van der Waals surface area contributed by atoms with Crippen molar-refractivity contribution in [3.8, 4) is 11.5 Å². The molecule has 1 heterocycles. The summed E-state index contributed by atoms with van der Waals surface area (Å²) in [5.41, 5.74) is 31.0. The fourth-order valence-corrected chi connectivity index (χ4v) is 15.6. The fourth-order valence-electron chi connectivity index (χ4n) is 15.6. The van der Waals surface area contributed by atoms with E-state index in [1.165, 1.54) is 30.6 Å². The van der Waals surface area contributed by atoms with Gasteiger partial charge in [-0.25, -0.2) is 19.4 Å². The van der Waals surface area contributed by atoms with Gasteiger partial charge < -0.3 is 95.2 Å². The van der Waals surface area contributed by atoms with Crippen LogP contribution in [-0.2, 0) is 73.5 Å². The van der Waals surface area contributed by atoms with E-state index >= 15 is 0 Å². The molecule has 135 heavy (non-hydrogen) atoms. The summed E-state index contributed by atoms with van der Waals surface area (Å²) in [5.74, 6) is -8.89. The van der Waals surface area contributed by atoms with Crippen molar-refractivity contribution in [1.29, 1.82) is 0 Å². The zero-order chi connectivity index (χ0) is 99.6. The number of aromatic carboxylic acids is 2. The lowest BCUT2D eigenvalue weighted by Gasteiger charge is -2.25. The van der Waals surface area contributed by atoms with Crippen LogP contribution < -0.4 is 70.0 Å². The van der Waals surface area contributed by atoms with Gasteiger partial charge in [0.2, 0.25) is 29.5 Å². The second kappa shape index (κ2) is 71.3. The number of hydrogen-bond donors (Lipinski definition) is 17. The third-order valence-electron chi connectivity index (χ3n) is 24.4. The van der Waals surface area contributed by atoms with E-state index < -0.39 is 95.3 Å². The number of H-pyrrole nitrogens is 1. The lowest BCUT2D eigenvalue weighted by atomic mass is 9.78. The van der Waals surface area contributed by atoms with Gasteiger partial charge in [0.25, 0.3) is 0 Å². The third-order valence-corrected chi connectivity index (χ3v) is 24.4. The second-order valence-corrected chi connectivity index (χ2v) is 36.5. The van der Waals surface area contributed by atoms with Crippen LogP contribution in [0.4, 0.5) is 0 Å². The van der Waals surface area contributed by atoms with Crippen LogP contribution in [0.2, 0.25) is 0 Å². The number of aromatic nitrogens is 2. The third kappa shape index (κ3) is 56.8. The Labute approximate surface area is 795 Å². The van der Waals surface area contributed by atoms with E-state index in [2.05, 4.69) is 41.9 Å². The van der Waals surface area contributed by atoms with Crippen LogP contribution in [0.5, 0.6) is 11.5 Å². The fraction of sp³-hybridized carbons (Fsp3) is 0.687. The molecule has 3 rings (SSSR count). The Balaban J connectivity index is 1.27. The normalized spacial score (nSPS) is 13.4. The summed E-state index contributed by atoms with van der Waals surface area (Å²) in [6, 6.07) is 6.31. The number of unbranched alkanes of at least 4 members (excludes halogenated alkanes) is 22. The zero-order valence-electron chi connectivity index (χ0n) is 80.0. The number of carboxylic acids is 5. The minimum Gasteiger partial charge on any atom is -0.494 e. The SMILES string of the molecule is CC(C)(CC(=O)[C@@H](N)Cc1cnc[nH]1)C(=O)CC[C@@H](CCCCNC(=O)[C@@H](N)CCCCCC(=O)[C@@H](N)CCCCNC(=O)CC[C@H](CC(=O)CCCCCCCCCCOc1ccc(C(=O)O)cc1)C(=O)O)C(=O)CN[C@@H](CCCCNC(=O)[C@@H](N)CCCCNC(=O)[C@@H](N)CCCCCC(=O)CC[C@H](NC(=O)CCCCCCCCCCOc1ccc(C(=O)O)cc1)C(=O)O)C(=O)O. The molecule has 1 aromatic heterocycles. The summed E-state index contributed by atoms with van der Waals surface area (Å²) >= 11 is 0. The van der Waals surface area contributed by atoms with E-state index in [1.54, 1.807) is 44.3 Å². The molecule has 0 saturated heterocycles. The molecule has 0 spiro atoms. The Bertz CT molecular complexity index is 4020. The van der Waals surface area contributed by atoms with Gasteiger partial charge in [0, 0.05) is 114 Å². The lowest BCUT2D eigenvalue weighted by Crippen LogP contribution is -2.42. The Morgan fingerprint density at radius 3 is 1.25 bits per heavy atom.